The number of amides is 2. The van der Waals surface area contributed by atoms with E-state index >= 15 is 0 Å². The lowest BCUT2D eigenvalue weighted by Gasteiger charge is -2.26. The maximum absolute atomic E-state index is 12.1. The second-order valence-corrected chi connectivity index (χ2v) is 5.23. The first-order chi connectivity index (χ1) is 9.42. The molecule has 0 spiro atoms. The van der Waals surface area contributed by atoms with Gasteiger partial charge in [-0.15, -0.1) is 0 Å². The van der Waals surface area contributed by atoms with Crippen LogP contribution in [0.3, 0.4) is 0 Å². The van der Waals surface area contributed by atoms with Crippen molar-refractivity contribution in [3.8, 4) is 6.07 Å². The number of unbranched alkanes of at least 4 members (excludes halogenated alkanes) is 1. The van der Waals surface area contributed by atoms with Crippen molar-refractivity contribution in [1.29, 1.82) is 5.26 Å². The van der Waals surface area contributed by atoms with E-state index in [1.807, 2.05) is 26.8 Å². The van der Waals surface area contributed by atoms with Gasteiger partial charge in [0, 0.05) is 13.1 Å². The van der Waals surface area contributed by atoms with Gasteiger partial charge in [0.1, 0.15) is 6.04 Å². The van der Waals surface area contributed by atoms with Crippen LogP contribution in [-0.2, 0) is 4.79 Å². The minimum Gasteiger partial charge on any atom is -0.480 e. The average Bonchev–Trinajstić information content (AvgIpc) is 2.38. The van der Waals surface area contributed by atoms with Gasteiger partial charge in [0.2, 0.25) is 0 Å². The molecule has 0 radical (unpaired) electrons. The van der Waals surface area contributed by atoms with Gasteiger partial charge in [-0.2, -0.15) is 5.26 Å². The van der Waals surface area contributed by atoms with Crippen molar-refractivity contribution < 1.29 is 14.7 Å². The number of nitriles is 1. The Kier molecular flexibility index (Phi) is 9.18. The van der Waals surface area contributed by atoms with Crippen molar-refractivity contribution in [2.45, 2.75) is 52.5 Å². The molecule has 0 aliphatic rings. The number of urea groups is 1. The zero-order valence-corrected chi connectivity index (χ0v) is 12.6. The standard InChI is InChI=1S/C14H25N3O3/c1-4-5-7-12(13(18)19)16-14(20)17(9-6-8-15)10-11(2)3/h11-12H,4-7,9-10H2,1-3H3,(H,16,20)(H,18,19)/t12-/m0/s1. The molecule has 2 N–H and O–H groups in total. The number of carbonyl (C=O) groups excluding carboxylic acids is 1. The fourth-order valence-electron chi connectivity index (χ4n) is 1.81. The number of carboxylic acids is 1. The van der Waals surface area contributed by atoms with Crippen molar-refractivity contribution in [1.82, 2.24) is 10.2 Å². The summed E-state index contributed by atoms with van der Waals surface area (Å²) in [4.78, 5) is 24.7. The maximum atomic E-state index is 12.1. The van der Waals surface area contributed by atoms with E-state index in [4.69, 9.17) is 10.4 Å². The Balaban J connectivity index is 4.60. The third kappa shape index (κ3) is 7.62. The number of hydrogen-bond donors (Lipinski definition) is 2. The fourth-order valence-corrected chi connectivity index (χ4v) is 1.81. The zero-order chi connectivity index (χ0) is 15.5. The molecule has 20 heavy (non-hydrogen) atoms. The van der Waals surface area contributed by atoms with Gasteiger partial charge < -0.3 is 15.3 Å². The molecular formula is C14H25N3O3. The van der Waals surface area contributed by atoms with Crippen LogP contribution < -0.4 is 5.32 Å². The third-order valence-electron chi connectivity index (χ3n) is 2.81. The summed E-state index contributed by atoms with van der Waals surface area (Å²) in [5.74, 6) is -0.755. The number of carbonyl (C=O) groups is 2. The van der Waals surface area contributed by atoms with Gasteiger partial charge in [0.05, 0.1) is 12.5 Å². The van der Waals surface area contributed by atoms with Gasteiger partial charge in [-0.1, -0.05) is 33.6 Å². The quantitative estimate of drug-likeness (QED) is 0.678. The van der Waals surface area contributed by atoms with Crippen LogP contribution in [0.4, 0.5) is 4.79 Å². The number of hydrogen-bond acceptors (Lipinski definition) is 3. The predicted molar refractivity (Wildman–Crippen MR) is 76.1 cm³/mol. The van der Waals surface area contributed by atoms with E-state index in [-0.39, 0.29) is 12.3 Å². The first-order valence-corrected chi connectivity index (χ1v) is 7.07. The maximum Gasteiger partial charge on any atom is 0.326 e. The highest BCUT2D eigenvalue weighted by Crippen LogP contribution is 2.05. The summed E-state index contributed by atoms with van der Waals surface area (Å²) in [5.41, 5.74) is 0. The molecule has 2 amide bonds. The summed E-state index contributed by atoms with van der Waals surface area (Å²) in [7, 11) is 0. The molecule has 0 fully saturated rings. The first-order valence-electron chi connectivity index (χ1n) is 7.07. The first kappa shape index (κ1) is 18.2. The molecule has 0 aliphatic carbocycles. The highest BCUT2D eigenvalue weighted by molar-refractivity contribution is 5.82. The Morgan fingerprint density at radius 2 is 2.05 bits per heavy atom. The molecule has 6 heteroatoms. The molecular weight excluding hydrogens is 258 g/mol. The van der Waals surface area contributed by atoms with Gasteiger partial charge in [0.25, 0.3) is 0 Å². The molecule has 6 nitrogen and oxygen atoms in total. The predicted octanol–water partition coefficient (Wildman–Crippen LogP) is 2.21. The van der Waals surface area contributed by atoms with Crippen LogP contribution in [0.25, 0.3) is 0 Å². The lowest BCUT2D eigenvalue weighted by Crippen LogP contribution is -2.49. The van der Waals surface area contributed by atoms with Crippen LogP contribution in [-0.4, -0.2) is 41.1 Å². The van der Waals surface area contributed by atoms with E-state index in [9.17, 15) is 9.59 Å². The second kappa shape index (κ2) is 10.1. The lowest BCUT2D eigenvalue weighted by atomic mass is 10.1. The SMILES string of the molecule is CCCC[C@H](NC(=O)N(CCC#N)CC(C)C)C(=O)O. The molecule has 0 aromatic rings. The fraction of sp³-hybridized carbons (Fsp3) is 0.786. The summed E-state index contributed by atoms with van der Waals surface area (Å²) in [6.07, 6.45) is 2.29. The average molecular weight is 283 g/mol. The molecule has 0 aliphatic heterocycles. The monoisotopic (exact) mass is 283 g/mol. The number of nitrogens with zero attached hydrogens (tertiary/aromatic N) is 2. The minimum atomic E-state index is -1.02. The number of aliphatic carboxylic acids is 1. The van der Waals surface area contributed by atoms with Gasteiger partial charge in [-0.3, -0.25) is 0 Å². The van der Waals surface area contributed by atoms with Crippen molar-refractivity contribution in [3.05, 3.63) is 0 Å². The van der Waals surface area contributed by atoms with E-state index in [0.29, 0.717) is 19.5 Å². The van der Waals surface area contributed by atoms with E-state index in [1.165, 1.54) is 4.90 Å². The third-order valence-corrected chi connectivity index (χ3v) is 2.81. The van der Waals surface area contributed by atoms with Crippen LogP contribution in [0.2, 0.25) is 0 Å². The topological polar surface area (TPSA) is 93.4 Å². The van der Waals surface area contributed by atoms with Gasteiger partial charge in [-0.05, 0) is 12.3 Å². The number of nitrogens with one attached hydrogen (secondary N) is 1. The molecule has 0 aromatic heterocycles. The van der Waals surface area contributed by atoms with Crippen LogP contribution in [0, 0.1) is 17.2 Å². The summed E-state index contributed by atoms with van der Waals surface area (Å²) in [6.45, 7) is 6.74. The number of rotatable bonds is 9. The largest absolute Gasteiger partial charge is 0.480 e. The van der Waals surface area contributed by atoms with Gasteiger partial charge >= 0.3 is 12.0 Å². The van der Waals surface area contributed by atoms with Crippen molar-refractivity contribution in [3.63, 3.8) is 0 Å². The van der Waals surface area contributed by atoms with E-state index in [0.717, 1.165) is 12.8 Å². The lowest BCUT2D eigenvalue weighted by molar-refractivity contribution is -0.139. The summed E-state index contributed by atoms with van der Waals surface area (Å²) >= 11 is 0. The highest BCUT2D eigenvalue weighted by atomic mass is 16.4. The van der Waals surface area contributed by atoms with E-state index < -0.39 is 18.0 Å². The van der Waals surface area contributed by atoms with Crippen LogP contribution in [0.5, 0.6) is 0 Å². The zero-order valence-electron chi connectivity index (χ0n) is 12.6. The highest BCUT2D eigenvalue weighted by Gasteiger charge is 2.22. The molecule has 0 bridgehead atoms. The van der Waals surface area contributed by atoms with Crippen LogP contribution in [0.1, 0.15) is 46.5 Å². The van der Waals surface area contributed by atoms with Gasteiger partial charge in [0.15, 0.2) is 0 Å². The molecule has 0 unspecified atom stereocenters. The van der Waals surface area contributed by atoms with Gasteiger partial charge in [-0.25, -0.2) is 9.59 Å². The molecule has 0 heterocycles. The number of carboxylic acid groups (broad SMARTS) is 1. The van der Waals surface area contributed by atoms with Crippen LogP contribution in [0.15, 0.2) is 0 Å². The Bertz CT molecular complexity index is 350. The summed E-state index contributed by atoms with van der Waals surface area (Å²) in [5, 5.41) is 20.3. The van der Waals surface area contributed by atoms with Crippen LogP contribution >= 0.6 is 0 Å². The normalized spacial score (nSPS) is 11.8. The van der Waals surface area contributed by atoms with E-state index in [1.54, 1.807) is 0 Å². The molecule has 1 atom stereocenters. The smallest absolute Gasteiger partial charge is 0.326 e. The molecule has 0 aromatic carbocycles. The van der Waals surface area contributed by atoms with Crippen molar-refractivity contribution >= 4 is 12.0 Å². The molecule has 0 saturated carbocycles. The Morgan fingerprint density at radius 3 is 2.50 bits per heavy atom. The Hall–Kier alpha value is -1.77. The van der Waals surface area contributed by atoms with Crippen molar-refractivity contribution in [2.75, 3.05) is 13.1 Å². The summed E-state index contributed by atoms with van der Waals surface area (Å²) < 4.78 is 0. The van der Waals surface area contributed by atoms with E-state index in [2.05, 4.69) is 5.32 Å². The molecule has 114 valence electrons. The Labute approximate surface area is 120 Å². The Morgan fingerprint density at radius 1 is 1.40 bits per heavy atom. The molecule has 0 saturated heterocycles. The summed E-state index contributed by atoms with van der Waals surface area (Å²) in [6, 6.07) is 0.732. The molecule has 0 rings (SSSR count). The van der Waals surface area contributed by atoms with Crippen molar-refractivity contribution in [2.24, 2.45) is 5.92 Å². The minimum absolute atomic E-state index is 0.243. The second-order valence-electron chi connectivity index (χ2n) is 5.23.